The van der Waals surface area contributed by atoms with Gasteiger partial charge in [-0.25, -0.2) is 4.98 Å². The topological polar surface area (TPSA) is 49.8 Å². The molecule has 55 heavy (non-hydrogen) atoms. The van der Waals surface area contributed by atoms with Gasteiger partial charge in [0.15, 0.2) is 0 Å². The fraction of sp³-hybridized carbons (Fsp3) is 0.208. The Hall–Kier alpha value is -5.45. The van der Waals surface area contributed by atoms with Crippen LogP contribution in [0.2, 0.25) is 0 Å². The van der Waals surface area contributed by atoms with Gasteiger partial charge in [0.25, 0.3) is 0 Å². The van der Waals surface area contributed by atoms with Gasteiger partial charge in [-0.3, -0.25) is 4.68 Å². The molecular formula is C48H43N5OPt. The van der Waals surface area contributed by atoms with Crippen molar-refractivity contribution in [2.24, 2.45) is 0 Å². The molecule has 0 saturated heterocycles. The zero-order valence-electron chi connectivity index (χ0n) is 32.4. The van der Waals surface area contributed by atoms with E-state index in [0.29, 0.717) is 23.3 Å². The normalized spacial score (nSPS) is 11.8. The van der Waals surface area contributed by atoms with Crippen LogP contribution in [0.1, 0.15) is 73.2 Å². The van der Waals surface area contributed by atoms with Gasteiger partial charge in [0.1, 0.15) is 5.82 Å². The molecule has 0 N–H and O–H groups in total. The fourth-order valence-electron chi connectivity index (χ4n) is 8.11. The molecule has 0 aliphatic heterocycles. The zero-order chi connectivity index (χ0) is 37.4. The van der Waals surface area contributed by atoms with Crippen LogP contribution in [0.15, 0.2) is 103 Å². The number of hydrogen-bond donors (Lipinski definition) is 0. The van der Waals surface area contributed by atoms with Crippen LogP contribution in [-0.4, -0.2) is 23.9 Å². The standard InChI is InChI=1S/C48H43N5O.Pt/c1-28(2)34-20-30(5)47-42(23-34)43-24-35(29(3)4)21-31(6)48(43)51(47)36-18-19-49-46(26-36)52-44-15-10-9-14-40(44)41-17-16-39(27-45(41)52)54-38-13-11-12-37(25-38)53-33(8)22-32(7)50-53;/h9-24,26,28-29H,1-8H3;/q-2;+2. The molecule has 0 aliphatic rings. The molecule has 0 aliphatic carbocycles. The first-order valence-electron chi connectivity index (χ1n) is 18.8. The molecule has 7 heteroatoms. The summed E-state index contributed by atoms with van der Waals surface area (Å²) in [5.41, 5.74) is 13.6. The van der Waals surface area contributed by atoms with Gasteiger partial charge in [-0.2, -0.15) is 17.2 Å². The molecule has 0 fully saturated rings. The van der Waals surface area contributed by atoms with E-state index in [1.165, 1.54) is 44.1 Å². The molecule has 4 aromatic heterocycles. The minimum atomic E-state index is 0. The van der Waals surface area contributed by atoms with E-state index in [2.05, 4.69) is 141 Å². The first-order chi connectivity index (χ1) is 26.0. The van der Waals surface area contributed by atoms with Crippen LogP contribution in [-0.2, 0) is 21.1 Å². The van der Waals surface area contributed by atoms with Crippen molar-refractivity contribution in [3.8, 4) is 28.7 Å². The van der Waals surface area contributed by atoms with E-state index >= 15 is 0 Å². The maximum atomic E-state index is 6.45. The molecular weight excluding hydrogens is 858 g/mol. The third-order valence-electron chi connectivity index (χ3n) is 10.7. The van der Waals surface area contributed by atoms with Crippen LogP contribution in [0.25, 0.3) is 60.8 Å². The quantitative estimate of drug-likeness (QED) is 0.150. The molecule has 6 nitrogen and oxygen atoms in total. The van der Waals surface area contributed by atoms with Crippen LogP contribution >= 0.6 is 0 Å². The van der Waals surface area contributed by atoms with E-state index in [1.54, 1.807) is 0 Å². The molecule has 0 saturated carbocycles. The van der Waals surface area contributed by atoms with Crippen molar-refractivity contribution in [2.75, 3.05) is 0 Å². The predicted molar refractivity (Wildman–Crippen MR) is 221 cm³/mol. The van der Waals surface area contributed by atoms with E-state index in [-0.39, 0.29) is 21.1 Å². The third kappa shape index (κ3) is 6.17. The number of para-hydroxylation sites is 1. The third-order valence-corrected chi connectivity index (χ3v) is 10.7. The maximum absolute atomic E-state index is 6.45. The smallest absolute Gasteiger partial charge is 0.509 e. The Balaban J connectivity index is 0.00000427. The maximum Gasteiger partial charge on any atom is 2.00 e. The monoisotopic (exact) mass is 900 g/mol. The van der Waals surface area contributed by atoms with Crippen molar-refractivity contribution < 1.29 is 25.8 Å². The van der Waals surface area contributed by atoms with Crippen molar-refractivity contribution in [3.05, 3.63) is 149 Å². The zero-order valence-corrected chi connectivity index (χ0v) is 34.7. The number of nitrogens with zero attached hydrogens (tertiary/aromatic N) is 5. The van der Waals surface area contributed by atoms with Crippen LogP contribution in [0.4, 0.5) is 0 Å². The van der Waals surface area contributed by atoms with Gasteiger partial charge in [0.2, 0.25) is 0 Å². The summed E-state index contributed by atoms with van der Waals surface area (Å²) in [7, 11) is 0. The Bertz CT molecular complexity index is 2850. The van der Waals surface area contributed by atoms with E-state index < -0.39 is 0 Å². The van der Waals surface area contributed by atoms with E-state index in [1.807, 2.05) is 49.0 Å². The Labute approximate surface area is 336 Å². The number of benzene rings is 5. The number of aromatic nitrogens is 5. The van der Waals surface area contributed by atoms with E-state index in [0.717, 1.165) is 50.4 Å². The molecule has 276 valence electrons. The second kappa shape index (κ2) is 14.0. The van der Waals surface area contributed by atoms with E-state index in [9.17, 15) is 0 Å². The van der Waals surface area contributed by atoms with Gasteiger partial charge in [0, 0.05) is 45.7 Å². The molecule has 0 atom stereocenters. The summed E-state index contributed by atoms with van der Waals surface area (Å²) >= 11 is 0. The number of aryl methyl sites for hydroxylation is 4. The number of rotatable bonds is 7. The molecule has 9 aromatic rings. The first-order valence-corrected chi connectivity index (χ1v) is 18.8. The molecule has 5 aromatic carbocycles. The summed E-state index contributed by atoms with van der Waals surface area (Å²) in [5.74, 6) is 2.87. The number of fused-ring (bicyclic) bond motifs is 6. The number of hydrogen-bond acceptors (Lipinski definition) is 3. The number of ether oxygens (including phenoxy) is 1. The Kier molecular flexibility index (Phi) is 9.30. The average molecular weight is 901 g/mol. The minimum Gasteiger partial charge on any atom is -0.509 e. The summed E-state index contributed by atoms with van der Waals surface area (Å²) in [4.78, 5) is 5.01. The van der Waals surface area contributed by atoms with Crippen molar-refractivity contribution >= 4 is 43.6 Å². The van der Waals surface area contributed by atoms with Crippen LogP contribution in [0, 0.1) is 39.8 Å². The molecule has 4 heterocycles. The van der Waals surface area contributed by atoms with Crippen molar-refractivity contribution in [3.63, 3.8) is 0 Å². The second-order valence-electron chi connectivity index (χ2n) is 15.3. The summed E-state index contributed by atoms with van der Waals surface area (Å²) in [6.45, 7) is 17.6. The van der Waals surface area contributed by atoms with E-state index in [4.69, 9.17) is 9.72 Å². The molecule has 9 rings (SSSR count). The number of pyridine rings is 1. The second-order valence-corrected chi connectivity index (χ2v) is 15.3. The fourth-order valence-corrected chi connectivity index (χ4v) is 8.11. The SMILES string of the molecule is Cc1cc(C)n(-c2[c-]c(Oc3[c-]c4c(cc3)c3ccccc3n4-c3cc(-n4c5c(C)cc(C(C)C)cc5c5cc(C(C)C)cc(C)c54)ccn3)ccc2)n1.[Pt+2]. The predicted octanol–water partition coefficient (Wildman–Crippen LogP) is 12.3. The van der Waals surface area contributed by atoms with Crippen molar-refractivity contribution in [2.45, 2.75) is 67.2 Å². The summed E-state index contributed by atoms with van der Waals surface area (Å²) in [6, 6.07) is 41.4. The van der Waals surface area contributed by atoms with Gasteiger partial charge < -0.3 is 13.9 Å². The molecule has 0 amide bonds. The average Bonchev–Trinajstić information content (AvgIpc) is 3.80. The van der Waals surface area contributed by atoms with Crippen LogP contribution in [0.3, 0.4) is 0 Å². The molecule has 0 spiro atoms. The van der Waals surface area contributed by atoms with Gasteiger partial charge in [-0.15, -0.1) is 35.7 Å². The Morgan fingerprint density at radius 3 is 1.95 bits per heavy atom. The van der Waals surface area contributed by atoms with Gasteiger partial charge in [0.05, 0.1) is 22.4 Å². The van der Waals surface area contributed by atoms with Gasteiger partial charge >= 0.3 is 21.1 Å². The Morgan fingerprint density at radius 1 is 0.618 bits per heavy atom. The molecule has 0 radical (unpaired) electrons. The summed E-state index contributed by atoms with van der Waals surface area (Å²) < 4.78 is 13.0. The molecule has 0 bridgehead atoms. The minimum absolute atomic E-state index is 0. The van der Waals surface area contributed by atoms with Crippen molar-refractivity contribution in [1.82, 2.24) is 23.9 Å². The first kappa shape index (κ1) is 36.5. The van der Waals surface area contributed by atoms with Crippen molar-refractivity contribution in [1.29, 1.82) is 0 Å². The van der Waals surface area contributed by atoms with Crippen LogP contribution in [0.5, 0.6) is 11.5 Å². The molecule has 0 unspecified atom stereocenters. The summed E-state index contributed by atoms with van der Waals surface area (Å²) in [5, 5.41) is 9.44. The summed E-state index contributed by atoms with van der Waals surface area (Å²) in [6.07, 6.45) is 1.93. The Morgan fingerprint density at radius 2 is 1.29 bits per heavy atom. The van der Waals surface area contributed by atoms with Crippen LogP contribution < -0.4 is 4.74 Å². The largest absolute Gasteiger partial charge is 2.00 e. The van der Waals surface area contributed by atoms with Gasteiger partial charge in [-0.05, 0) is 103 Å². The van der Waals surface area contributed by atoms with Gasteiger partial charge in [-0.1, -0.05) is 63.5 Å².